The molecule has 1 aliphatic heterocycles. The molecule has 0 spiro atoms. The summed E-state index contributed by atoms with van der Waals surface area (Å²) < 4.78 is 16.7. The van der Waals surface area contributed by atoms with Crippen LogP contribution in [0.4, 0.5) is 0 Å². The number of methoxy groups -OCH3 is 1. The number of ether oxygens (including phenoxy) is 2. The van der Waals surface area contributed by atoms with Crippen molar-refractivity contribution in [2.24, 2.45) is 0 Å². The van der Waals surface area contributed by atoms with Gasteiger partial charge in [-0.3, -0.25) is 4.79 Å². The van der Waals surface area contributed by atoms with Gasteiger partial charge in [0.25, 0.3) is 0 Å². The fourth-order valence-electron chi connectivity index (χ4n) is 3.24. The number of aryl methyl sites for hydroxylation is 1. The van der Waals surface area contributed by atoms with Crippen molar-refractivity contribution in [2.45, 2.75) is 32.6 Å². The summed E-state index contributed by atoms with van der Waals surface area (Å²) in [6.07, 6.45) is 1.99. The fraction of sp³-hybridized carbons (Fsp3) is 0.500. The van der Waals surface area contributed by atoms with Gasteiger partial charge < -0.3 is 19.2 Å². The first-order chi connectivity index (χ1) is 11.1. The molecule has 0 amide bonds. The SMILES string of the molecule is COCOc1ccc2c(=O)c(C)c(C3CCNCC3)oc2c1C. The Morgan fingerprint density at radius 2 is 1.96 bits per heavy atom. The van der Waals surface area contributed by atoms with E-state index in [4.69, 9.17) is 13.9 Å². The van der Waals surface area contributed by atoms with E-state index >= 15 is 0 Å². The first kappa shape index (κ1) is 16.0. The van der Waals surface area contributed by atoms with E-state index in [1.807, 2.05) is 13.8 Å². The third kappa shape index (κ3) is 2.99. The average Bonchev–Trinajstić information content (AvgIpc) is 2.58. The first-order valence-electron chi connectivity index (χ1n) is 8.03. The van der Waals surface area contributed by atoms with E-state index < -0.39 is 0 Å². The lowest BCUT2D eigenvalue weighted by Gasteiger charge is -2.23. The monoisotopic (exact) mass is 317 g/mol. The molecule has 1 aromatic heterocycles. The Hall–Kier alpha value is -1.85. The fourth-order valence-corrected chi connectivity index (χ4v) is 3.24. The van der Waals surface area contributed by atoms with Crippen LogP contribution in [0.3, 0.4) is 0 Å². The van der Waals surface area contributed by atoms with Gasteiger partial charge in [0.2, 0.25) is 0 Å². The van der Waals surface area contributed by atoms with Gasteiger partial charge in [-0.1, -0.05) is 0 Å². The molecule has 2 heterocycles. The molecule has 23 heavy (non-hydrogen) atoms. The molecule has 1 aromatic carbocycles. The number of rotatable bonds is 4. The van der Waals surface area contributed by atoms with E-state index in [0.29, 0.717) is 22.6 Å². The van der Waals surface area contributed by atoms with Crippen LogP contribution in [0.2, 0.25) is 0 Å². The minimum atomic E-state index is 0.0566. The maximum absolute atomic E-state index is 12.7. The molecule has 5 heteroatoms. The highest BCUT2D eigenvalue weighted by Crippen LogP contribution is 2.32. The minimum absolute atomic E-state index is 0.0566. The van der Waals surface area contributed by atoms with Gasteiger partial charge in [0.15, 0.2) is 12.2 Å². The van der Waals surface area contributed by atoms with Crippen LogP contribution in [-0.4, -0.2) is 27.0 Å². The summed E-state index contributed by atoms with van der Waals surface area (Å²) in [4.78, 5) is 12.7. The maximum Gasteiger partial charge on any atom is 0.195 e. The van der Waals surface area contributed by atoms with Gasteiger partial charge >= 0.3 is 0 Å². The van der Waals surface area contributed by atoms with Gasteiger partial charge in [0, 0.05) is 24.2 Å². The Labute approximate surface area is 135 Å². The summed E-state index contributed by atoms with van der Waals surface area (Å²) in [5.41, 5.74) is 2.25. The molecule has 0 bridgehead atoms. The van der Waals surface area contributed by atoms with E-state index in [2.05, 4.69) is 5.32 Å². The predicted molar refractivity (Wildman–Crippen MR) is 89.3 cm³/mol. The summed E-state index contributed by atoms with van der Waals surface area (Å²) in [5.74, 6) is 1.81. The highest BCUT2D eigenvalue weighted by Gasteiger charge is 2.23. The van der Waals surface area contributed by atoms with Gasteiger partial charge in [-0.15, -0.1) is 0 Å². The number of fused-ring (bicyclic) bond motifs is 1. The normalized spacial score (nSPS) is 16.0. The lowest BCUT2D eigenvalue weighted by atomic mass is 9.92. The van der Waals surface area contributed by atoms with E-state index in [0.717, 1.165) is 42.8 Å². The van der Waals surface area contributed by atoms with Gasteiger partial charge in [0.1, 0.15) is 17.1 Å². The number of piperidine rings is 1. The maximum atomic E-state index is 12.7. The van der Waals surface area contributed by atoms with Crippen LogP contribution >= 0.6 is 0 Å². The molecule has 1 aliphatic rings. The zero-order valence-corrected chi connectivity index (χ0v) is 13.9. The molecule has 3 rings (SSSR count). The summed E-state index contributed by atoms with van der Waals surface area (Å²) in [5, 5.41) is 3.96. The van der Waals surface area contributed by atoms with Crippen LogP contribution in [0, 0.1) is 13.8 Å². The van der Waals surface area contributed by atoms with Crippen LogP contribution in [0.25, 0.3) is 11.0 Å². The van der Waals surface area contributed by atoms with E-state index in [9.17, 15) is 4.79 Å². The van der Waals surface area contributed by atoms with Crippen molar-refractivity contribution < 1.29 is 13.9 Å². The van der Waals surface area contributed by atoms with Gasteiger partial charge in [-0.05, 0) is 51.9 Å². The Kier molecular flexibility index (Phi) is 4.68. The standard InChI is InChI=1S/C18H23NO4/c1-11-15(22-10-21-3)5-4-14-16(20)12(2)17(23-18(11)14)13-6-8-19-9-7-13/h4-5,13,19H,6-10H2,1-3H3. The highest BCUT2D eigenvalue weighted by atomic mass is 16.7. The van der Waals surface area contributed by atoms with Crippen LogP contribution in [0.5, 0.6) is 5.75 Å². The smallest absolute Gasteiger partial charge is 0.195 e. The van der Waals surface area contributed by atoms with Crippen molar-refractivity contribution in [2.75, 3.05) is 27.0 Å². The summed E-state index contributed by atoms with van der Waals surface area (Å²) in [6, 6.07) is 3.58. The van der Waals surface area contributed by atoms with E-state index in [1.54, 1.807) is 19.2 Å². The molecule has 124 valence electrons. The summed E-state index contributed by atoms with van der Waals surface area (Å²) in [6.45, 7) is 5.87. The second-order valence-electron chi connectivity index (χ2n) is 6.06. The zero-order chi connectivity index (χ0) is 16.4. The van der Waals surface area contributed by atoms with Crippen LogP contribution < -0.4 is 15.5 Å². The van der Waals surface area contributed by atoms with E-state index in [1.165, 1.54) is 0 Å². The Morgan fingerprint density at radius 1 is 1.22 bits per heavy atom. The summed E-state index contributed by atoms with van der Waals surface area (Å²) in [7, 11) is 1.58. The van der Waals surface area contributed by atoms with Crippen molar-refractivity contribution in [3.05, 3.63) is 39.2 Å². The molecule has 0 radical (unpaired) electrons. The average molecular weight is 317 g/mol. The Bertz CT molecular complexity index is 760. The topological polar surface area (TPSA) is 60.7 Å². The van der Waals surface area contributed by atoms with Crippen molar-refractivity contribution in [3.63, 3.8) is 0 Å². The number of hydrogen-bond donors (Lipinski definition) is 1. The third-order valence-electron chi connectivity index (χ3n) is 4.57. The Balaban J connectivity index is 2.13. The van der Waals surface area contributed by atoms with Crippen molar-refractivity contribution >= 4 is 11.0 Å². The second-order valence-corrected chi connectivity index (χ2v) is 6.06. The molecule has 1 saturated heterocycles. The first-order valence-corrected chi connectivity index (χ1v) is 8.03. The van der Waals surface area contributed by atoms with Gasteiger partial charge in [-0.2, -0.15) is 0 Å². The molecule has 0 aliphatic carbocycles. The third-order valence-corrected chi connectivity index (χ3v) is 4.57. The van der Waals surface area contributed by atoms with Crippen molar-refractivity contribution in [1.29, 1.82) is 0 Å². The zero-order valence-electron chi connectivity index (χ0n) is 13.9. The number of nitrogens with one attached hydrogen (secondary N) is 1. The molecular weight excluding hydrogens is 294 g/mol. The number of benzene rings is 1. The molecule has 2 aromatic rings. The second kappa shape index (κ2) is 6.72. The lowest BCUT2D eigenvalue weighted by Crippen LogP contribution is -2.27. The molecule has 1 N–H and O–H groups in total. The van der Waals surface area contributed by atoms with Gasteiger partial charge in [-0.25, -0.2) is 0 Å². The van der Waals surface area contributed by atoms with Crippen molar-refractivity contribution in [3.8, 4) is 5.75 Å². The van der Waals surface area contributed by atoms with Crippen LogP contribution in [0.15, 0.2) is 21.3 Å². The lowest BCUT2D eigenvalue weighted by molar-refractivity contribution is 0.0507. The van der Waals surface area contributed by atoms with Crippen LogP contribution in [0.1, 0.15) is 35.6 Å². The highest BCUT2D eigenvalue weighted by molar-refractivity contribution is 5.82. The number of hydrogen-bond acceptors (Lipinski definition) is 5. The molecule has 0 atom stereocenters. The Morgan fingerprint density at radius 3 is 2.65 bits per heavy atom. The van der Waals surface area contributed by atoms with E-state index in [-0.39, 0.29) is 12.2 Å². The summed E-state index contributed by atoms with van der Waals surface area (Å²) >= 11 is 0. The predicted octanol–water partition coefficient (Wildman–Crippen LogP) is 2.86. The molecule has 1 fully saturated rings. The van der Waals surface area contributed by atoms with Crippen molar-refractivity contribution in [1.82, 2.24) is 5.32 Å². The van der Waals surface area contributed by atoms with Gasteiger partial charge in [0.05, 0.1) is 5.39 Å². The largest absolute Gasteiger partial charge is 0.467 e. The molecule has 0 unspecified atom stereocenters. The molecular formula is C18H23NO4. The minimum Gasteiger partial charge on any atom is -0.467 e. The quantitative estimate of drug-likeness (QED) is 0.879. The van der Waals surface area contributed by atoms with Crippen LogP contribution in [-0.2, 0) is 4.74 Å². The molecule has 5 nitrogen and oxygen atoms in total. The molecule has 0 saturated carbocycles.